The molecule has 0 heterocycles. The molecule has 13 heavy (non-hydrogen) atoms. The van der Waals surface area contributed by atoms with Gasteiger partial charge in [-0.25, -0.2) is 0 Å². The monoisotopic (exact) mass is 191 g/mol. The van der Waals surface area contributed by atoms with E-state index in [1.54, 1.807) is 0 Å². The second-order valence-electron chi connectivity index (χ2n) is 2.88. The molecule has 1 aromatic rings. The molecule has 0 N–H and O–H groups in total. The predicted octanol–water partition coefficient (Wildman–Crippen LogP) is 3.22. The molecule has 1 aromatic carbocycles. The Morgan fingerprint density at radius 1 is 1.15 bits per heavy atom. The summed E-state index contributed by atoms with van der Waals surface area (Å²) in [6, 6.07) is 10.5. The third kappa shape index (κ3) is 4.59. The van der Waals surface area contributed by atoms with Crippen LogP contribution < -0.4 is 0 Å². The Kier molecular flexibility index (Phi) is 5.12. The van der Waals surface area contributed by atoms with Crippen LogP contribution >= 0.6 is 11.8 Å². The molecular weight excluding hydrogens is 178 g/mol. The molecule has 0 bridgehead atoms. The molecule has 0 saturated heterocycles. The third-order valence-corrected chi connectivity index (χ3v) is 2.49. The van der Waals surface area contributed by atoms with E-state index in [4.69, 9.17) is 5.26 Å². The zero-order valence-corrected chi connectivity index (χ0v) is 8.39. The molecule has 0 fully saturated rings. The SMILES string of the molecule is N#CSCCCCc1ccccc1. The summed E-state index contributed by atoms with van der Waals surface area (Å²) in [7, 11) is 0. The summed E-state index contributed by atoms with van der Waals surface area (Å²) in [6.07, 6.45) is 3.44. The Morgan fingerprint density at radius 2 is 1.92 bits per heavy atom. The minimum atomic E-state index is 0.962. The smallest absolute Gasteiger partial charge is 0.133 e. The third-order valence-electron chi connectivity index (χ3n) is 1.87. The van der Waals surface area contributed by atoms with E-state index in [1.165, 1.54) is 23.7 Å². The number of thioether (sulfide) groups is 1. The van der Waals surface area contributed by atoms with Gasteiger partial charge in [0.05, 0.1) is 0 Å². The molecule has 2 heteroatoms. The number of benzene rings is 1. The highest BCUT2D eigenvalue weighted by molar-refractivity contribution is 8.03. The highest BCUT2D eigenvalue weighted by Crippen LogP contribution is 2.07. The van der Waals surface area contributed by atoms with Gasteiger partial charge in [-0.3, -0.25) is 0 Å². The standard InChI is InChI=1S/C11H13NS/c12-10-13-9-5-4-8-11-6-2-1-3-7-11/h1-3,6-7H,4-5,8-9H2. The fraction of sp³-hybridized carbons (Fsp3) is 0.364. The first-order valence-corrected chi connectivity index (χ1v) is 5.47. The highest BCUT2D eigenvalue weighted by atomic mass is 32.2. The van der Waals surface area contributed by atoms with E-state index in [2.05, 4.69) is 29.7 Å². The lowest BCUT2D eigenvalue weighted by Gasteiger charge is -1.98. The van der Waals surface area contributed by atoms with Crippen LogP contribution in [0.3, 0.4) is 0 Å². The Morgan fingerprint density at radius 3 is 2.62 bits per heavy atom. The second-order valence-corrected chi connectivity index (χ2v) is 3.76. The minimum absolute atomic E-state index is 0.962. The van der Waals surface area contributed by atoms with Gasteiger partial charge >= 0.3 is 0 Å². The van der Waals surface area contributed by atoms with Gasteiger partial charge < -0.3 is 0 Å². The maximum absolute atomic E-state index is 8.30. The Bertz CT molecular complexity index is 263. The fourth-order valence-electron chi connectivity index (χ4n) is 1.19. The van der Waals surface area contributed by atoms with Crippen LogP contribution in [0.5, 0.6) is 0 Å². The molecule has 0 aliphatic rings. The largest absolute Gasteiger partial charge is 0.185 e. The molecule has 0 aliphatic heterocycles. The van der Waals surface area contributed by atoms with Crippen molar-refractivity contribution in [1.29, 1.82) is 5.26 Å². The van der Waals surface area contributed by atoms with Crippen LogP contribution in [0.15, 0.2) is 30.3 Å². The molecule has 0 amide bonds. The molecule has 0 aliphatic carbocycles. The van der Waals surface area contributed by atoms with Crippen LogP contribution in [0.4, 0.5) is 0 Å². The van der Waals surface area contributed by atoms with E-state index >= 15 is 0 Å². The zero-order valence-electron chi connectivity index (χ0n) is 7.57. The highest BCUT2D eigenvalue weighted by Gasteiger charge is 1.91. The van der Waals surface area contributed by atoms with Crippen LogP contribution in [0.25, 0.3) is 0 Å². The van der Waals surface area contributed by atoms with E-state index in [-0.39, 0.29) is 0 Å². The quantitative estimate of drug-likeness (QED) is 0.527. The first-order valence-electron chi connectivity index (χ1n) is 4.48. The molecule has 0 unspecified atom stereocenters. The molecule has 0 radical (unpaired) electrons. The molecule has 1 rings (SSSR count). The number of aryl methyl sites for hydroxylation is 1. The number of nitriles is 1. The first kappa shape index (κ1) is 10.1. The molecule has 1 nitrogen and oxygen atoms in total. The predicted molar refractivity (Wildman–Crippen MR) is 57.5 cm³/mol. The summed E-state index contributed by atoms with van der Waals surface area (Å²) in [4.78, 5) is 0. The molecular formula is C11H13NS. The van der Waals surface area contributed by atoms with Gasteiger partial charge in [-0.1, -0.05) is 30.3 Å². The van der Waals surface area contributed by atoms with E-state index < -0.39 is 0 Å². The van der Waals surface area contributed by atoms with Crippen molar-refractivity contribution in [2.75, 3.05) is 5.75 Å². The van der Waals surface area contributed by atoms with Gasteiger partial charge in [0.25, 0.3) is 0 Å². The zero-order chi connectivity index (χ0) is 9.36. The molecule has 68 valence electrons. The number of hydrogen-bond donors (Lipinski definition) is 0. The number of rotatable bonds is 5. The first-order chi connectivity index (χ1) is 6.43. The van der Waals surface area contributed by atoms with E-state index in [0.717, 1.165) is 18.6 Å². The Balaban J connectivity index is 2.11. The second kappa shape index (κ2) is 6.56. The summed E-state index contributed by atoms with van der Waals surface area (Å²) in [5.41, 5.74) is 1.39. The lowest BCUT2D eigenvalue weighted by atomic mass is 10.1. The minimum Gasteiger partial charge on any atom is -0.185 e. The van der Waals surface area contributed by atoms with Gasteiger partial charge in [0.2, 0.25) is 0 Å². The van der Waals surface area contributed by atoms with Crippen LogP contribution in [0.1, 0.15) is 18.4 Å². The fourth-order valence-corrected chi connectivity index (χ4v) is 1.63. The van der Waals surface area contributed by atoms with Crippen molar-refractivity contribution < 1.29 is 0 Å². The van der Waals surface area contributed by atoms with Crippen molar-refractivity contribution in [2.24, 2.45) is 0 Å². The van der Waals surface area contributed by atoms with Crippen molar-refractivity contribution in [3.8, 4) is 5.40 Å². The number of nitrogens with zero attached hydrogens (tertiary/aromatic N) is 1. The molecule has 0 atom stereocenters. The molecule has 0 spiro atoms. The Hall–Kier alpha value is -0.940. The van der Waals surface area contributed by atoms with Gasteiger partial charge in [0.1, 0.15) is 5.40 Å². The lowest BCUT2D eigenvalue weighted by Crippen LogP contribution is -1.85. The molecule has 0 saturated carbocycles. The van der Waals surface area contributed by atoms with Gasteiger partial charge in [0.15, 0.2) is 0 Å². The normalized spacial score (nSPS) is 9.46. The van der Waals surface area contributed by atoms with Crippen molar-refractivity contribution in [2.45, 2.75) is 19.3 Å². The van der Waals surface area contributed by atoms with Gasteiger partial charge in [-0.05, 0) is 36.6 Å². The average Bonchev–Trinajstić information content (AvgIpc) is 2.19. The lowest BCUT2D eigenvalue weighted by molar-refractivity contribution is 0.803. The van der Waals surface area contributed by atoms with Gasteiger partial charge in [0, 0.05) is 5.75 Å². The van der Waals surface area contributed by atoms with Gasteiger partial charge in [-0.15, -0.1) is 0 Å². The topological polar surface area (TPSA) is 23.8 Å². The van der Waals surface area contributed by atoms with Crippen molar-refractivity contribution in [3.05, 3.63) is 35.9 Å². The maximum Gasteiger partial charge on any atom is 0.133 e. The molecule has 0 aromatic heterocycles. The van der Waals surface area contributed by atoms with Crippen molar-refractivity contribution in [1.82, 2.24) is 0 Å². The van der Waals surface area contributed by atoms with Crippen LogP contribution in [0, 0.1) is 10.7 Å². The summed E-state index contributed by atoms with van der Waals surface area (Å²) in [5, 5.41) is 10.4. The Labute approximate surface area is 83.8 Å². The van der Waals surface area contributed by atoms with Crippen molar-refractivity contribution >= 4 is 11.8 Å². The van der Waals surface area contributed by atoms with Gasteiger partial charge in [-0.2, -0.15) is 5.26 Å². The van der Waals surface area contributed by atoms with E-state index in [9.17, 15) is 0 Å². The number of unbranched alkanes of at least 4 members (excludes halogenated alkanes) is 1. The maximum atomic E-state index is 8.30. The van der Waals surface area contributed by atoms with Crippen molar-refractivity contribution in [3.63, 3.8) is 0 Å². The van der Waals surface area contributed by atoms with Crippen LogP contribution in [-0.2, 0) is 6.42 Å². The summed E-state index contributed by atoms with van der Waals surface area (Å²) >= 11 is 1.35. The number of hydrogen-bond acceptors (Lipinski definition) is 2. The van der Waals surface area contributed by atoms with E-state index in [1.807, 2.05) is 6.07 Å². The summed E-state index contributed by atoms with van der Waals surface area (Å²) in [5.74, 6) is 0.962. The van der Waals surface area contributed by atoms with Crippen LogP contribution in [0.2, 0.25) is 0 Å². The average molecular weight is 191 g/mol. The van der Waals surface area contributed by atoms with Crippen LogP contribution in [-0.4, -0.2) is 5.75 Å². The number of thiocyanates is 1. The summed E-state index contributed by atoms with van der Waals surface area (Å²) in [6.45, 7) is 0. The van der Waals surface area contributed by atoms with E-state index in [0.29, 0.717) is 0 Å². The summed E-state index contributed by atoms with van der Waals surface area (Å²) < 4.78 is 0.